The molecule has 0 saturated carbocycles. The van der Waals surface area contributed by atoms with Gasteiger partial charge in [-0.25, -0.2) is 13.2 Å². The molecule has 0 heterocycles. The monoisotopic (exact) mass is 400 g/mol. The number of nitrogens with zero attached hydrogens (tertiary/aromatic N) is 1. The lowest BCUT2D eigenvalue weighted by Gasteiger charge is -2.26. The summed E-state index contributed by atoms with van der Waals surface area (Å²) in [6.45, 7) is -0.0738. The van der Waals surface area contributed by atoms with Gasteiger partial charge >= 0.3 is 0 Å². The van der Waals surface area contributed by atoms with Gasteiger partial charge in [0.25, 0.3) is 5.91 Å². The summed E-state index contributed by atoms with van der Waals surface area (Å²) in [5.74, 6) is -2.72. The molecule has 3 nitrogen and oxygen atoms in total. The van der Waals surface area contributed by atoms with Crippen molar-refractivity contribution in [2.24, 2.45) is 0 Å². The summed E-state index contributed by atoms with van der Waals surface area (Å²) in [6.07, 6.45) is 0. The Morgan fingerprint density at radius 1 is 1.12 bits per heavy atom. The molecule has 24 heavy (non-hydrogen) atoms. The molecule has 1 amide bonds. The van der Waals surface area contributed by atoms with Gasteiger partial charge in [0.1, 0.15) is 17.5 Å². The second-order valence-electron chi connectivity index (χ2n) is 5.45. The molecule has 128 valence electrons. The average molecular weight is 401 g/mol. The largest absolute Gasteiger partial charge is 0.350 e. The molecule has 2 aromatic rings. The highest BCUT2D eigenvalue weighted by atomic mass is 79.9. The molecule has 1 unspecified atom stereocenters. The number of carbonyl (C=O) groups is 1. The molecule has 0 aliphatic carbocycles. The fraction of sp³-hybridized carbons (Fsp3) is 0.235. The van der Waals surface area contributed by atoms with Crippen LogP contribution >= 0.6 is 15.9 Å². The summed E-state index contributed by atoms with van der Waals surface area (Å²) >= 11 is 3.17. The van der Waals surface area contributed by atoms with Crippen molar-refractivity contribution in [2.75, 3.05) is 20.6 Å². The van der Waals surface area contributed by atoms with Crippen molar-refractivity contribution in [1.29, 1.82) is 0 Å². The van der Waals surface area contributed by atoms with Crippen LogP contribution in [0.5, 0.6) is 0 Å². The number of hydrogen-bond donors (Lipinski definition) is 1. The molecule has 1 N–H and O–H groups in total. The zero-order valence-corrected chi connectivity index (χ0v) is 14.7. The van der Waals surface area contributed by atoms with Crippen molar-refractivity contribution in [3.8, 4) is 0 Å². The lowest BCUT2D eigenvalue weighted by molar-refractivity contribution is 0.0936. The van der Waals surface area contributed by atoms with Gasteiger partial charge in [-0.05, 0) is 44.4 Å². The zero-order valence-electron chi connectivity index (χ0n) is 13.1. The third-order valence-electron chi connectivity index (χ3n) is 3.59. The summed E-state index contributed by atoms with van der Waals surface area (Å²) in [5.41, 5.74) is -0.284. The van der Waals surface area contributed by atoms with Crippen LogP contribution < -0.4 is 5.32 Å². The highest BCUT2D eigenvalue weighted by Gasteiger charge is 2.23. The van der Waals surface area contributed by atoms with Gasteiger partial charge < -0.3 is 10.2 Å². The standard InChI is InChI=1S/C17H16BrF3N2O/c1-23(2)15(16-13(20)4-3-5-14(16)21)9-22-17(24)11-8-10(18)6-7-12(11)19/h3-8,15H,9H2,1-2H3,(H,22,24). The van der Waals surface area contributed by atoms with E-state index in [0.717, 1.165) is 12.1 Å². The Morgan fingerprint density at radius 2 is 1.75 bits per heavy atom. The molecule has 2 aromatic carbocycles. The summed E-state index contributed by atoms with van der Waals surface area (Å²) in [5, 5.41) is 2.53. The fourth-order valence-electron chi connectivity index (χ4n) is 2.33. The van der Waals surface area contributed by atoms with E-state index in [9.17, 15) is 18.0 Å². The van der Waals surface area contributed by atoms with Crippen molar-refractivity contribution in [1.82, 2.24) is 10.2 Å². The van der Waals surface area contributed by atoms with Crippen molar-refractivity contribution in [3.63, 3.8) is 0 Å². The summed E-state index contributed by atoms with van der Waals surface area (Å²) in [4.78, 5) is 13.8. The quantitative estimate of drug-likeness (QED) is 0.825. The van der Waals surface area contributed by atoms with Crippen molar-refractivity contribution >= 4 is 21.8 Å². The Kier molecular flexibility index (Phi) is 6.01. The third kappa shape index (κ3) is 4.15. The van der Waals surface area contributed by atoms with E-state index in [4.69, 9.17) is 0 Å². The van der Waals surface area contributed by atoms with Gasteiger partial charge in [0, 0.05) is 16.6 Å². The van der Waals surface area contributed by atoms with Crippen molar-refractivity contribution < 1.29 is 18.0 Å². The van der Waals surface area contributed by atoms with Crippen LogP contribution in [0.15, 0.2) is 40.9 Å². The zero-order chi connectivity index (χ0) is 17.9. The number of benzene rings is 2. The Balaban J connectivity index is 2.21. The first-order chi connectivity index (χ1) is 11.3. The number of halogens is 4. The molecule has 0 saturated heterocycles. The normalized spacial score (nSPS) is 12.3. The number of amides is 1. The SMILES string of the molecule is CN(C)C(CNC(=O)c1cc(Br)ccc1F)c1c(F)cccc1F. The van der Waals surface area contributed by atoms with Gasteiger partial charge in [-0.3, -0.25) is 4.79 Å². The van der Waals surface area contributed by atoms with Gasteiger partial charge in [-0.2, -0.15) is 0 Å². The van der Waals surface area contributed by atoms with Crippen LogP contribution in [0.25, 0.3) is 0 Å². The van der Waals surface area contributed by atoms with E-state index in [1.165, 1.54) is 24.3 Å². The van der Waals surface area contributed by atoms with Crippen LogP contribution in [0.3, 0.4) is 0 Å². The minimum absolute atomic E-state index is 0.0738. The van der Waals surface area contributed by atoms with Gasteiger partial charge in [0.05, 0.1) is 11.6 Å². The van der Waals surface area contributed by atoms with Crippen molar-refractivity contribution in [2.45, 2.75) is 6.04 Å². The molecule has 0 aliphatic heterocycles. The number of nitrogens with one attached hydrogen (secondary N) is 1. The molecule has 0 radical (unpaired) electrons. The van der Waals surface area contributed by atoms with E-state index in [1.54, 1.807) is 19.0 Å². The maximum atomic E-state index is 14.0. The molecule has 0 spiro atoms. The molecule has 0 bridgehead atoms. The summed E-state index contributed by atoms with van der Waals surface area (Å²) in [6, 6.07) is 6.85. The Labute approximate surface area is 146 Å². The number of likely N-dealkylation sites (N-methyl/N-ethyl adjacent to an activating group) is 1. The molecule has 2 rings (SSSR count). The maximum absolute atomic E-state index is 14.0. The highest BCUT2D eigenvalue weighted by Crippen LogP contribution is 2.24. The highest BCUT2D eigenvalue weighted by molar-refractivity contribution is 9.10. The van der Waals surface area contributed by atoms with Crippen LogP contribution in [0.2, 0.25) is 0 Å². The molecule has 0 fully saturated rings. The van der Waals surface area contributed by atoms with Crippen LogP contribution in [-0.2, 0) is 0 Å². The molecule has 1 atom stereocenters. The second kappa shape index (κ2) is 7.81. The third-order valence-corrected chi connectivity index (χ3v) is 4.08. The Hall–Kier alpha value is -1.86. The van der Waals surface area contributed by atoms with Crippen LogP contribution in [-0.4, -0.2) is 31.4 Å². The smallest absolute Gasteiger partial charge is 0.254 e. The average Bonchev–Trinajstić information content (AvgIpc) is 2.51. The lowest BCUT2D eigenvalue weighted by atomic mass is 10.0. The number of carbonyl (C=O) groups excluding carboxylic acids is 1. The molecular formula is C17H16BrF3N2O. The van der Waals surface area contributed by atoms with E-state index in [0.29, 0.717) is 4.47 Å². The van der Waals surface area contributed by atoms with E-state index >= 15 is 0 Å². The number of hydrogen-bond acceptors (Lipinski definition) is 2. The Bertz CT molecular complexity index is 732. The van der Waals surface area contributed by atoms with E-state index in [-0.39, 0.29) is 17.7 Å². The first-order valence-electron chi connectivity index (χ1n) is 7.15. The Morgan fingerprint density at radius 3 is 2.33 bits per heavy atom. The maximum Gasteiger partial charge on any atom is 0.254 e. The first kappa shape index (κ1) is 18.5. The molecular weight excluding hydrogens is 385 g/mol. The second-order valence-corrected chi connectivity index (χ2v) is 6.36. The van der Waals surface area contributed by atoms with Gasteiger partial charge in [-0.15, -0.1) is 0 Å². The summed E-state index contributed by atoms with van der Waals surface area (Å²) < 4.78 is 42.3. The number of rotatable bonds is 5. The van der Waals surface area contributed by atoms with Gasteiger partial charge in [-0.1, -0.05) is 22.0 Å². The minimum Gasteiger partial charge on any atom is -0.350 e. The van der Waals surface area contributed by atoms with E-state index in [1.807, 2.05) is 0 Å². The van der Waals surface area contributed by atoms with Crippen LogP contribution in [0, 0.1) is 17.5 Å². The van der Waals surface area contributed by atoms with E-state index < -0.39 is 29.4 Å². The predicted molar refractivity (Wildman–Crippen MR) is 89.2 cm³/mol. The van der Waals surface area contributed by atoms with Crippen LogP contribution in [0.4, 0.5) is 13.2 Å². The molecule has 7 heteroatoms. The lowest BCUT2D eigenvalue weighted by Crippen LogP contribution is -2.35. The van der Waals surface area contributed by atoms with Crippen molar-refractivity contribution in [3.05, 3.63) is 69.4 Å². The molecule has 0 aliphatic rings. The van der Waals surface area contributed by atoms with E-state index in [2.05, 4.69) is 21.2 Å². The first-order valence-corrected chi connectivity index (χ1v) is 7.94. The van der Waals surface area contributed by atoms with Gasteiger partial charge in [0.15, 0.2) is 0 Å². The van der Waals surface area contributed by atoms with Gasteiger partial charge in [0.2, 0.25) is 0 Å². The predicted octanol–water partition coefficient (Wildman–Crippen LogP) is 3.90. The summed E-state index contributed by atoms with van der Waals surface area (Å²) in [7, 11) is 3.28. The molecule has 0 aromatic heterocycles. The van der Waals surface area contributed by atoms with Crippen LogP contribution in [0.1, 0.15) is 22.0 Å². The fourth-order valence-corrected chi connectivity index (χ4v) is 2.69. The topological polar surface area (TPSA) is 32.3 Å². The minimum atomic E-state index is -0.731.